The van der Waals surface area contributed by atoms with Crippen molar-refractivity contribution in [2.75, 3.05) is 25.5 Å². The first kappa shape index (κ1) is 18.9. The summed E-state index contributed by atoms with van der Waals surface area (Å²) in [6, 6.07) is 17.1. The van der Waals surface area contributed by atoms with Crippen LogP contribution in [0.1, 0.15) is 11.1 Å². The number of methoxy groups -OCH3 is 1. The van der Waals surface area contributed by atoms with Gasteiger partial charge in [-0.1, -0.05) is 48.5 Å². The second kappa shape index (κ2) is 8.66. The third-order valence-corrected chi connectivity index (χ3v) is 4.46. The highest BCUT2D eigenvalue weighted by Gasteiger charge is 2.41. The Morgan fingerprint density at radius 2 is 2.00 bits per heavy atom. The number of ether oxygens (including phenoxy) is 2. The molecule has 1 aliphatic rings. The normalized spacial score (nSPS) is 21.4. The third kappa shape index (κ3) is 4.45. The molecule has 7 heteroatoms. The molecule has 0 aliphatic carbocycles. The van der Waals surface area contributed by atoms with Gasteiger partial charge in [-0.15, -0.1) is 0 Å². The summed E-state index contributed by atoms with van der Waals surface area (Å²) in [5.74, 6) is 0. The lowest BCUT2D eigenvalue weighted by atomic mass is 10.1. The number of alkyl carbamates (subject to hydrolysis) is 1. The Morgan fingerprint density at radius 3 is 2.74 bits per heavy atom. The summed E-state index contributed by atoms with van der Waals surface area (Å²) in [4.78, 5) is 23.0. The fraction of sp³-hybridized carbons (Fsp3) is 0.300. The predicted molar refractivity (Wildman–Crippen MR) is 101 cm³/mol. The first-order chi connectivity index (χ1) is 13.2. The molecule has 2 aromatic rings. The van der Waals surface area contributed by atoms with Crippen molar-refractivity contribution in [3.8, 4) is 0 Å². The topological polar surface area (TPSA) is 88.7 Å². The van der Waals surface area contributed by atoms with Crippen molar-refractivity contribution in [3.05, 3.63) is 65.7 Å². The zero-order valence-corrected chi connectivity index (χ0v) is 15.1. The minimum absolute atomic E-state index is 0.183. The van der Waals surface area contributed by atoms with Crippen molar-refractivity contribution in [1.29, 1.82) is 0 Å². The maximum Gasteiger partial charge on any atom is 0.407 e. The Labute approximate surface area is 158 Å². The number of amides is 1. The summed E-state index contributed by atoms with van der Waals surface area (Å²) in [6.45, 7) is 1.41. The number of para-hydroxylation sites is 1. The standard InChI is InChI=1S/C20H23N3O4/c1-26-19(25)22-11-15-7-5-6-10-18(15)21-12-17-13-23-20(14-24,27-17)16-8-3-2-4-9-16/h2-10,14,17,21,23H,11-13H2,1H3,(H,22,25). The van der Waals surface area contributed by atoms with E-state index in [0.29, 0.717) is 19.6 Å². The number of anilines is 1. The van der Waals surface area contributed by atoms with Crippen LogP contribution >= 0.6 is 0 Å². The van der Waals surface area contributed by atoms with Crippen LogP contribution in [0.4, 0.5) is 10.5 Å². The van der Waals surface area contributed by atoms with Gasteiger partial charge in [-0.05, 0) is 11.6 Å². The fourth-order valence-electron chi connectivity index (χ4n) is 3.03. The van der Waals surface area contributed by atoms with Crippen LogP contribution in [-0.2, 0) is 26.5 Å². The maximum atomic E-state index is 11.7. The molecule has 1 fully saturated rings. The van der Waals surface area contributed by atoms with Gasteiger partial charge < -0.3 is 20.1 Å². The van der Waals surface area contributed by atoms with E-state index in [1.165, 1.54) is 7.11 Å². The molecule has 2 atom stereocenters. The van der Waals surface area contributed by atoms with Gasteiger partial charge in [-0.25, -0.2) is 4.79 Å². The first-order valence-corrected chi connectivity index (χ1v) is 8.75. The second-order valence-corrected chi connectivity index (χ2v) is 6.22. The predicted octanol–water partition coefficient (Wildman–Crippen LogP) is 1.99. The van der Waals surface area contributed by atoms with Crippen molar-refractivity contribution in [3.63, 3.8) is 0 Å². The SMILES string of the molecule is COC(=O)NCc1ccccc1NCC1CNC(C=O)(c2ccccc2)O1. The average molecular weight is 369 g/mol. The minimum Gasteiger partial charge on any atom is -0.453 e. The van der Waals surface area contributed by atoms with Gasteiger partial charge >= 0.3 is 6.09 Å². The van der Waals surface area contributed by atoms with Crippen LogP contribution in [0.2, 0.25) is 0 Å². The van der Waals surface area contributed by atoms with E-state index >= 15 is 0 Å². The molecule has 1 heterocycles. The summed E-state index contributed by atoms with van der Waals surface area (Å²) in [6.07, 6.45) is 0.139. The summed E-state index contributed by atoms with van der Waals surface area (Å²) in [5.41, 5.74) is 1.49. The van der Waals surface area contributed by atoms with Gasteiger partial charge in [0.25, 0.3) is 0 Å². The first-order valence-electron chi connectivity index (χ1n) is 8.75. The molecule has 0 aromatic heterocycles. The average Bonchev–Trinajstić information content (AvgIpc) is 3.16. The lowest BCUT2D eigenvalue weighted by Gasteiger charge is -2.24. The van der Waals surface area contributed by atoms with Gasteiger partial charge in [0.15, 0.2) is 6.29 Å². The Hall–Kier alpha value is -2.90. The molecular weight excluding hydrogens is 346 g/mol. The van der Waals surface area contributed by atoms with Gasteiger partial charge in [-0.3, -0.25) is 10.1 Å². The molecule has 1 aliphatic heterocycles. The third-order valence-electron chi connectivity index (χ3n) is 4.46. The van der Waals surface area contributed by atoms with Crippen molar-refractivity contribution >= 4 is 18.1 Å². The van der Waals surface area contributed by atoms with Crippen molar-refractivity contribution in [1.82, 2.24) is 10.6 Å². The van der Waals surface area contributed by atoms with Gasteiger partial charge in [0.2, 0.25) is 5.72 Å². The summed E-state index contributed by atoms with van der Waals surface area (Å²) in [5, 5.41) is 9.19. The fourth-order valence-corrected chi connectivity index (χ4v) is 3.03. The summed E-state index contributed by atoms with van der Waals surface area (Å²) >= 11 is 0. The van der Waals surface area contributed by atoms with Crippen LogP contribution in [-0.4, -0.2) is 38.7 Å². The monoisotopic (exact) mass is 369 g/mol. The number of hydrogen-bond donors (Lipinski definition) is 3. The number of benzene rings is 2. The number of aldehydes is 1. The Bertz CT molecular complexity index is 784. The molecule has 0 saturated carbocycles. The summed E-state index contributed by atoms with van der Waals surface area (Å²) < 4.78 is 10.6. The van der Waals surface area contributed by atoms with Crippen molar-refractivity contribution in [2.24, 2.45) is 0 Å². The van der Waals surface area contributed by atoms with E-state index in [2.05, 4.69) is 20.7 Å². The number of rotatable bonds is 7. The Kier molecular flexibility index (Phi) is 6.05. The highest BCUT2D eigenvalue weighted by atomic mass is 16.5. The maximum absolute atomic E-state index is 11.7. The van der Waals surface area contributed by atoms with E-state index in [9.17, 15) is 9.59 Å². The number of carbonyl (C=O) groups is 2. The molecule has 7 nitrogen and oxygen atoms in total. The minimum atomic E-state index is -1.11. The van der Waals surface area contributed by atoms with Crippen LogP contribution in [0, 0.1) is 0 Å². The molecule has 2 unspecified atom stereocenters. The zero-order chi connectivity index (χ0) is 19.1. The Balaban J connectivity index is 1.62. The van der Waals surface area contributed by atoms with Crippen LogP contribution in [0.25, 0.3) is 0 Å². The number of hydrogen-bond acceptors (Lipinski definition) is 6. The van der Waals surface area contributed by atoms with Gasteiger partial charge in [0.05, 0.1) is 13.2 Å². The molecule has 3 N–H and O–H groups in total. The van der Waals surface area contributed by atoms with E-state index in [4.69, 9.17) is 4.74 Å². The molecule has 1 amide bonds. The molecule has 1 saturated heterocycles. The lowest BCUT2D eigenvalue weighted by molar-refractivity contribution is -0.132. The van der Waals surface area contributed by atoms with E-state index in [-0.39, 0.29) is 6.10 Å². The quantitative estimate of drug-likeness (QED) is 0.647. The van der Waals surface area contributed by atoms with Crippen LogP contribution in [0.3, 0.4) is 0 Å². The van der Waals surface area contributed by atoms with Gasteiger partial charge in [0, 0.05) is 30.9 Å². The highest BCUT2D eigenvalue weighted by molar-refractivity contribution is 5.67. The van der Waals surface area contributed by atoms with Crippen LogP contribution < -0.4 is 16.0 Å². The zero-order valence-electron chi connectivity index (χ0n) is 15.1. The molecule has 142 valence electrons. The van der Waals surface area contributed by atoms with E-state index < -0.39 is 11.8 Å². The molecule has 27 heavy (non-hydrogen) atoms. The lowest BCUT2D eigenvalue weighted by Crippen LogP contribution is -2.39. The Morgan fingerprint density at radius 1 is 1.26 bits per heavy atom. The van der Waals surface area contributed by atoms with Crippen molar-refractivity contribution < 1.29 is 19.1 Å². The van der Waals surface area contributed by atoms with E-state index in [1.54, 1.807) is 0 Å². The largest absolute Gasteiger partial charge is 0.453 e. The van der Waals surface area contributed by atoms with E-state index in [0.717, 1.165) is 23.1 Å². The molecule has 0 radical (unpaired) electrons. The number of carbonyl (C=O) groups excluding carboxylic acids is 2. The molecule has 3 rings (SSSR count). The van der Waals surface area contributed by atoms with Crippen molar-refractivity contribution in [2.45, 2.75) is 18.4 Å². The smallest absolute Gasteiger partial charge is 0.407 e. The highest BCUT2D eigenvalue weighted by Crippen LogP contribution is 2.27. The number of nitrogens with one attached hydrogen (secondary N) is 3. The second-order valence-electron chi connectivity index (χ2n) is 6.22. The van der Waals surface area contributed by atoms with Crippen LogP contribution in [0.15, 0.2) is 54.6 Å². The molecule has 0 spiro atoms. The molecule has 2 aromatic carbocycles. The van der Waals surface area contributed by atoms with Crippen LogP contribution in [0.5, 0.6) is 0 Å². The van der Waals surface area contributed by atoms with Gasteiger partial charge in [0.1, 0.15) is 0 Å². The molecule has 0 bridgehead atoms. The van der Waals surface area contributed by atoms with Gasteiger partial charge in [-0.2, -0.15) is 0 Å². The van der Waals surface area contributed by atoms with E-state index in [1.807, 2.05) is 54.6 Å². The molecular formula is C20H23N3O4. The summed E-state index contributed by atoms with van der Waals surface area (Å²) in [7, 11) is 1.33.